The number of hydrogen-bond donors (Lipinski definition) is 2. The van der Waals surface area contributed by atoms with E-state index in [0.29, 0.717) is 5.82 Å². The van der Waals surface area contributed by atoms with Crippen molar-refractivity contribution >= 4 is 17.6 Å². The van der Waals surface area contributed by atoms with Gasteiger partial charge in [0.15, 0.2) is 0 Å². The minimum absolute atomic E-state index is 0.0977. The summed E-state index contributed by atoms with van der Waals surface area (Å²) in [5.74, 6) is 1.42. The van der Waals surface area contributed by atoms with Crippen LogP contribution >= 0.6 is 0 Å². The van der Waals surface area contributed by atoms with E-state index in [2.05, 4.69) is 46.1 Å². The van der Waals surface area contributed by atoms with Crippen LogP contribution in [0.25, 0.3) is 0 Å². The maximum absolute atomic E-state index is 11.2. The minimum Gasteiger partial charge on any atom is -0.468 e. The van der Waals surface area contributed by atoms with Gasteiger partial charge in [-0.2, -0.15) is 0 Å². The van der Waals surface area contributed by atoms with Crippen molar-refractivity contribution in [1.29, 1.82) is 0 Å². The van der Waals surface area contributed by atoms with Crippen LogP contribution in [-0.2, 0) is 9.53 Å². The third-order valence-electron chi connectivity index (χ3n) is 2.63. The fourth-order valence-corrected chi connectivity index (χ4v) is 1.70. The molecule has 106 valence electrons. The molecule has 0 spiro atoms. The first-order valence-corrected chi connectivity index (χ1v) is 6.49. The second-order valence-corrected chi connectivity index (χ2v) is 4.50. The fraction of sp³-hybridized carbons (Fsp3) is 0.615. The quantitative estimate of drug-likeness (QED) is 0.735. The van der Waals surface area contributed by atoms with Crippen LogP contribution in [0, 0.1) is 0 Å². The van der Waals surface area contributed by atoms with Gasteiger partial charge in [0, 0.05) is 12.1 Å². The Morgan fingerprint density at radius 2 is 1.95 bits per heavy atom. The van der Waals surface area contributed by atoms with Crippen LogP contribution < -0.4 is 10.6 Å². The number of carbonyl (C=O) groups is 1. The molecular formula is C13H22N4O2. The van der Waals surface area contributed by atoms with Crippen molar-refractivity contribution in [2.24, 2.45) is 0 Å². The lowest BCUT2D eigenvalue weighted by molar-refractivity contribution is -0.138. The molecule has 0 aliphatic carbocycles. The Morgan fingerprint density at radius 3 is 2.47 bits per heavy atom. The number of methoxy groups -OCH3 is 1. The lowest BCUT2D eigenvalue weighted by Gasteiger charge is -2.17. The number of carbonyl (C=O) groups excluding carboxylic acids is 1. The number of hydrogen-bond acceptors (Lipinski definition) is 6. The van der Waals surface area contributed by atoms with E-state index in [0.717, 1.165) is 24.3 Å². The molecule has 0 fully saturated rings. The highest BCUT2D eigenvalue weighted by atomic mass is 16.5. The van der Waals surface area contributed by atoms with E-state index in [-0.39, 0.29) is 18.4 Å². The molecule has 19 heavy (non-hydrogen) atoms. The predicted octanol–water partition coefficient (Wildman–Crippen LogP) is 2.01. The Labute approximate surface area is 114 Å². The summed E-state index contributed by atoms with van der Waals surface area (Å²) < 4.78 is 4.61. The molecule has 1 heterocycles. The first-order valence-electron chi connectivity index (χ1n) is 6.49. The number of aromatic nitrogens is 2. The lowest BCUT2D eigenvalue weighted by atomic mass is 10.0. The molecule has 6 heteroatoms. The van der Waals surface area contributed by atoms with Gasteiger partial charge in [0.1, 0.15) is 24.5 Å². The monoisotopic (exact) mass is 266 g/mol. The van der Waals surface area contributed by atoms with Crippen molar-refractivity contribution in [3.63, 3.8) is 0 Å². The molecule has 1 aromatic heterocycles. The number of anilines is 2. The molecule has 2 N–H and O–H groups in total. The number of esters is 1. The minimum atomic E-state index is -0.323. The zero-order valence-corrected chi connectivity index (χ0v) is 12.0. The predicted molar refractivity (Wildman–Crippen MR) is 75.4 cm³/mol. The van der Waals surface area contributed by atoms with Gasteiger partial charge in [-0.05, 0) is 12.3 Å². The normalized spacial score (nSPS) is 10.4. The van der Waals surface area contributed by atoms with Gasteiger partial charge in [0.2, 0.25) is 0 Å². The van der Waals surface area contributed by atoms with Crippen molar-refractivity contribution in [3.05, 3.63) is 11.9 Å². The first-order chi connectivity index (χ1) is 9.10. The van der Waals surface area contributed by atoms with Crippen molar-refractivity contribution in [2.45, 2.75) is 33.1 Å². The molecule has 0 atom stereocenters. The molecule has 0 radical (unpaired) electrons. The molecule has 0 amide bonds. The van der Waals surface area contributed by atoms with Gasteiger partial charge in [-0.1, -0.05) is 20.8 Å². The molecular weight excluding hydrogens is 244 g/mol. The van der Waals surface area contributed by atoms with Crippen LogP contribution in [0.4, 0.5) is 11.6 Å². The molecule has 0 saturated carbocycles. The second-order valence-electron chi connectivity index (χ2n) is 4.50. The molecule has 0 saturated heterocycles. The van der Waals surface area contributed by atoms with Gasteiger partial charge in [0.25, 0.3) is 0 Å². The standard InChI is InChI=1S/C13H22N4O2/c1-5-6-14-12-11(9(2)3)13(17-8-16-12)15-7-10(18)19-4/h8-9H,5-7H2,1-4H3,(H2,14,15,16,17). The highest BCUT2D eigenvalue weighted by Gasteiger charge is 2.15. The average molecular weight is 266 g/mol. The van der Waals surface area contributed by atoms with Crippen LogP contribution in [0.15, 0.2) is 6.33 Å². The molecule has 0 aromatic carbocycles. The number of ether oxygens (including phenoxy) is 1. The molecule has 0 aliphatic rings. The topological polar surface area (TPSA) is 76.1 Å². The summed E-state index contributed by atoms with van der Waals surface area (Å²) in [4.78, 5) is 19.7. The van der Waals surface area contributed by atoms with Gasteiger partial charge >= 0.3 is 5.97 Å². The van der Waals surface area contributed by atoms with Gasteiger partial charge in [0.05, 0.1) is 7.11 Å². The Hall–Kier alpha value is -1.85. The molecule has 1 rings (SSSR count). The summed E-state index contributed by atoms with van der Waals surface area (Å²) in [6.07, 6.45) is 2.51. The molecule has 0 unspecified atom stereocenters. The van der Waals surface area contributed by atoms with E-state index in [4.69, 9.17) is 0 Å². The van der Waals surface area contributed by atoms with Crippen molar-refractivity contribution in [1.82, 2.24) is 9.97 Å². The number of nitrogens with zero attached hydrogens (tertiary/aromatic N) is 2. The third kappa shape index (κ3) is 4.39. The lowest BCUT2D eigenvalue weighted by Crippen LogP contribution is -2.18. The Balaban J connectivity index is 2.92. The van der Waals surface area contributed by atoms with E-state index in [1.165, 1.54) is 13.4 Å². The van der Waals surface area contributed by atoms with Crippen molar-refractivity contribution < 1.29 is 9.53 Å². The van der Waals surface area contributed by atoms with Gasteiger partial charge in [-0.3, -0.25) is 4.79 Å². The van der Waals surface area contributed by atoms with Crippen LogP contribution in [0.5, 0.6) is 0 Å². The van der Waals surface area contributed by atoms with Gasteiger partial charge in [-0.25, -0.2) is 9.97 Å². The van der Waals surface area contributed by atoms with Crippen molar-refractivity contribution in [2.75, 3.05) is 30.8 Å². The average Bonchev–Trinajstić information content (AvgIpc) is 2.41. The van der Waals surface area contributed by atoms with Crippen molar-refractivity contribution in [3.8, 4) is 0 Å². The summed E-state index contributed by atoms with van der Waals surface area (Å²) in [7, 11) is 1.36. The van der Waals surface area contributed by atoms with Gasteiger partial charge in [-0.15, -0.1) is 0 Å². The Kier molecular flexibility index (Phi) is 6.05. The SMILES string of the molecule is CCCNc1ncnc(NCC(=O)OC)c1C(C)C. The maximum Gasteiger partial charge on any atom is 0.325 e. The third-order valence-corrected chi connectivity index (χ3v) is 2.63. The largest absolute Gasteiger partial charge is 0.468 e. The summed E-state index contributed by atoms with van der Waals surface area (Å²) in [6, 6.07) is 0. The van der Waals surface area contributed by atoms with E-state index < -0.39 is 0 Å². The smallest absolute Gasteiger partial charge is 0.325 e. The van der Waals surface area contributed by atoms with E-state index >= 15 is 0 Å². The van der Waals surface area contributed by atoms with E-state index in [9.17, 15) is 4.79 Å². The molecule has 0 bridgehead atoms. The Morgan fingerprint density at radius 1 is 1.32 bits per heavy atom. The highest BCUT2D eigenvalue weighted by molar-refractivity contribution is 5.75. The first kappa shape index (κ1) is 15.2. The van der Waals surface area contributed by atoms with Crippen LogP contribution in [0.3, 0.4) is 0 Å². The highest BCUT2D eigenvalue weighted by Crippen LogP contribution is 2.28. The van der Waals surface area contributed by atoms with Gasteiger partial charge < -0.3 is 15.4 Å². The zero-order valence-electron chi connectivity index (χ0n) is 12.0. The molecule has 1 aromatic rings. The second kappa shape index (κ2) is 7.56. The van der Waals surface area contributed by atoms with Crippen LogP contribution in [0.2, 0.25) is 0 Å². The summed E-state index contributed by atoms with van der Waals surface area (Å²) >= 11 is 0. The van der Waals surface area contributed by atoms with E-state index in [1.807, 2.05) is 0 Å². The maximum atomic E-state index is 11.2. The van der Waals surface area contributed by atoms with E-state index in [1.54, 1.807) is 0 Å². The molecule has 0 aliphatic heterocycles. The fourth-order valence-electron chi connectivity index (χ4n) is 1.70. The summed E-state index contributed by atoms with van der Waals surface area (Å²) in [6.45, 7) is 7.19. The number of rotatable bonds is 7. The number of nitrogens with one attached hydrogen (secondary N) is 2. The Bertz CT molecular complexity index is 421. The summed E-state index contributed by atoms with van der Waals surface area (Å²) in [5, 5.41) is 6.28. The summed E-state index contributed by atoms with van der Waals surface area (Å²) in [5.41, 5.74) is 0.986. The molecule has 6 nitrogen and oxygen atoms in total. The van der Waals surface area contributed by atoms with Crippen LogP contribution in [0.1, 0.15) is 38.7 Å². The van der Waals surface area contributed by atoms with Crippen LogP contribution in [-0.4, -0.2) is 36.1 Å². The zero-order chi connectivity index (χ0) is 14.3.